The molecule has 4 rings (SSSR count). The predicted molar refractivity (Wildman–Crippen MR) is 132 cm³/mol. The van der Waals surface area contributed by atoms with Gasteiger partial charge in [0.15, 0.2) is 4.80 Å². The number of esters is 2. The number of methoxy groups -OCH3 is 1. The Morgan fingerprint density at radius 2 is 1.89 bits per heavy atom. The van der Waals surface area contributed by atoms with Gasteiger partial charge in [0.2, 0.25) is 10.0 Å². The van der Waals surface area contributed by atoms with E-state index in [1.54, 1.807) is 25.1 Å². The van der Waals surface area contributed by atoms with Gasteiger partial charge in [0.25, 0.3) is 5.91 Å². The maximum absolute atomic E-state index is 13.3. The minimum absolute atomic E-state index is 0.114. The maximum atomic E-state index is 13.3. The molecule has 2 heterocycles. The molecule has 37 heavy (non-hydrogen) atoms. The molecule has 10 nitrogen and oxygen atoms in total. The zero-order chi connectivity index (χ0) is 26.7. The maximum Gasteiger partial charge on any atom is 0.338 e. The van der Waals surface area contributed by atoms with Crippen molar-refractivity contribution in [1.82, 2.24) is 8.87 Å². The Balaban J connectivity index is 1.74. The second kappa shape index (κ2) is 10.9. The van der Waals surface area contributed by atoms with Gasteiger partial charge >= 0.3 is 11.9 Å². The Labute approximate surface area is 216 Å². The molecule has 1 atom stereocenters. The number of carbonyl (C=O) groups is 3. The molecule has 0 bridgehead atoms. The molecular weight excluding hydrogens is 525 g/mol. The Bertz CT molecular complexity index is 1530. The minimum Gasteiger partial charge on any atom is -0.468 e. The number of sulfonamides is 1. The van der Waals surface area contributed by atoms with Crippen LogP contribution in [0.4, 0.5) is 4.39 Å². The van der Waals surface area contributed by atoms with E-state index in [0.29, 0.717) is 22.2 Å². The molecule has 0 saturated carbocycles. The van der Waals surface area contributed by atoms with Crippen molar-refractivity contribution in [3.63, 3.8) is 0 Å². The van der Waals surface area contributed by atoms with Crippen LogP contribution in [-0.4, -0.2) is 61.4 Å². The second-order valence-electron chi connectivity index (χ2n) is 8.13. The molecular formula is C24H24FN3O7S2. The van der Waals surface area contributed by atoms with Crippen molar-refractivity contribution in [3.8, 4) is 0 Å². The fourth-order valence-electron chi connectivity index (χ4n) is 4.03. The van der Waals surface area contributed by atoms with Crippen molar-refractivity contribution in [2.75, 3.05) is 20.3 Å². The third-order valence-corrected chi connectivity index (χ3v) is 8.79. The van der Waals surface area contributed by atoms with Crippen LogP contribution in [0, 0.1) is 5.82 Å². The number of hydrogen-bond acceptors (Lipinski definition) is 8. The van der Waals surface area contributed by atoms with Crippen molar-refractivity contribution in [2.24, 2.45) is 4.99 Å². The monoisotopic (exact) mass is 549 g/mol. The molecule has 3 aromatic rings. The van der Waals surface area contributed by atoms with Gasteiger partial charge < -0.3 is 14.0 Å². The van der Waals surface area contributed by atoms with Crippen LogP contribution in [-0.2, 0) is 35.6 Å². The molecule has 1 aliphatic heterocycles. The van der Waals surface area contributed by atoms with Gasteiger partial charge in [0, 0.05) is 6.54 Å². The van der Waals surface area contributed by atoms with Gasteiger partial charge in [-0.3, -0.25) is 9.59 Å². The summed E-state index contributed by atoms with van der Waals surface area (Å²) in [7, 11) is -2.83. The van der Waals surface area contributed by atoms with E-state index in [4.69, 9.17) is 9.47 Å². The number of hydrogen-bond donors (Lipinski definition) is 0. The zero-order valence-electron chi connectivity index (χ0n) is 20.0. The number of ether oxygens (including phenoxy) is 2. The van der Waals surface area contributed by atoms with E-state index >= 15 is 0 Å². The first-order chi connectivity index (χ1) is 17.6. The lowest BCUT2D eigenvalue weighted by molar-refractivity contribution is -0.141. The van der Waals surface area contributed by atoms with Crippen LogP contribution in [0.15, 0.2) is 52.4 Å². The predicted octanol–water partition coefficient (Wildman–Crippen LogP) is 2.47. The van der Waals surface area contributed by atoms with Crippen molar-refractivity contribution in [3.05, 3.63) is 58.6 Å². The molecule has 196 valence electrons. The highest BCUT2D eigenvalue weighted by molar-refractivity contribution is 7.89. The van der Waals surface area contributed by atoms with Crippen molar-refractivity contribution < 1.29 is 36.7 Å². The zero-order valence-corrected chi connectivity index (χ0v) is 21.7. The Morgan fingerprint density at radius 3 is 2.57 bits per heavy atom. The molecule has 0 radical (unpaired) electrons. The Morgan fingerprint density at radius 1 is 1.16 bits per heavy atom. The van der Waals surface area contributed by atoms with Crippen LogP contribution in [0.2, 0.25) is 0 Å². The molecule has 1 amide bonds. The normalized spacial score (nSPS) is 16.7. The third kappa shape index (κ3) is 5.48. The molecule has 1 aliphatic rings. The van der Waals surface area contributed by atoms with E-state index in [-0.39, 0.29) is 35.8 Å². The van der Waals surface area contributed by atoms with E-state index in [1.807, 2.05) is 0 Å². The summed E-state index contributed by atoms with van der Waals surface area (Å²) in [5, 5.41) is 0. The average molecular weight is 550 g/mol. The van der Waals surface area contributed by atoms with E-state index in [0.717, 1.165) is 39.9 Å². The van der Waals surface area contributed by atoms with E-state index in [9.17, 15) is 27.2 Å². The van der Waals surface area contributed by atoms with Gasteiger partial charge in [-0.05, 0) is 62.2 Å². The van der Waals surface area contributed by atoms with Crippen molar-refractivity contribution >= 4 is 49.4 Å². The van der Waals surface area contributed by atoms with Gasteiger partial charge in [-0.1, -0.05) is 11.3 Å². The number of aromatic nitrogens is 1. The van der Waals surface area contributed by atoms with Crippen molar-refractivity contribution in [1.29, 1.82) is 0 Å². The number of benzene rings is 2. The number of fused-ring (bicyclic) bond motifs is 1. The molecule has 2 aromatic carbocycles. The average Bonchev–Trinajstić information content (AvgIpc) is 3.50. The first-order valence-electron chi connectivity index (χ1n) is 11.4. The third-order valence-electron chi connectivity index (χ3n) is 5.82. The standard InChI is InChI=1S/C24H24FN3O7S2/c1-3-35-23(31)15-6-11-18-20(13-15)36-24(27(18)14-21(29)34-2)26-22(30)19-5-4-12-28(19)37(32,33)17-9-7-16(25)8-10-17/h6-11,13,19H,3-5,12,14H2,1-2H3. The Kier molecular flexibility index (Phi) is 7.85. The van der Waals surface area contributed by atoms with Crippen LogP contribution >= 0.6 is 11.3 Å². The first kappa shape index (κ1) is 26.6. The SMILES string of the molecule is CCOC(=O)c1ccc2c(c1)sc(=NC(=O)C1CCCN1S(=O)(=O)c1ccc(F)cc1)n2CC(=O)OC. The second-order valence-corrected chi connectivity index (χ2v) is 11.0. The molecule has 1 aromatic heterocycles. The first-order valence-corrected chi connectivity index (χ1v) is 13.6. The number of halogens is 1. The van der Waals surface area contributed by atoms with Gasteiger partial charge in [0.1, 0.15) is 18.4 Å². The van der Waals surface area contributed by atoms with Gasteiger partial charge in [-0.2, -0.15) is 9.30 Å². The quantitative estimate of drug-likeness (QED) is 0.415. The number of amides is 1. The van der Waals surface area contributed by atoms with E-state index < -0.39 is 39.7 Å². The lowest BCUT2D eigenvalue weighted by Gasteiger charge is -2.21. The summed E-state index contributed by atoms with van der Waals surface area (Å²) in [5.74, 6) is -2.36. The number of rotatable bonds is 7. The van der Waals surface area contributed by atoms with Crippen LogP contribution in [0.1, 0.15) is 30.1 Å². The summed E-state index contributed by atoms with van der Waals surface area (Å²) in [5.41, 5.74) is 0.836. The fourth-order valence-corrected chi connectivity index (χ4v) is 6.76. The lowest BCUT2D eigenvalue weighted by Crippen LogP contribution is -2.40. The van der Waals surface area contributed by atoms with Crippen LogP contribution in [0.25, 0.3) is 10.2 Å². The number of thiazole rings is 1. The molecule has 13 heteroatoms. The lowest BCUT2D eigenvalue weighted by atomic mass is 10.2. The molecule has 1 fully saturated rings. The molecule has 1 saturated heterocycles. The highest BCUT2D eigenvalue weighted by Crippen LogP contribution is 2.27. The smallest absolute Gasteiger partial charge is 0.338 e. The number of carbonyl (C=O) groups excluding carboxylic acids is 3. The van der Waals surface area contributed by atoms with Crippen LogP contribution in [0.5, 0.6) is 0 Å². The number of nitrogens with zero attached hydrogens (tertiary/aromatic N) is 3. The summed E-state index contributed by atoms with van der Waals surface area (Å²) in [6.45, 7) is 1.77. The highest BCUT2D eigenvalue weighted by Gasteiger charge is 2.39. The topological polar surface area (TPSA) is 124 Å². The van der Waals surface area contributed by atoms with E-state index in [2.05, 4.69) is 4.99 Å². The van der Waals surface area contributed by atoms with Gasteiger partial charge in [-0.25, -0.2) is 17.6 Å². The summed E-state index contributed by atoms with van der Waals surface area (Å²) in [4.78, 5) is 41.8. The summed E-state index contributed by atoms with van der Waals surface area (Å²) < 4.78 is 52.6. The summed E-state index contributed by atoms with van der Waals surface area (Å²) in [6, 6.07) is 8.07. The molecule has 0 N–H and O–H groups in total. The molecule has 0 spiro atoms. The highest BCUT2D eigenvalue weighted by atomic mass is 32.2. The minimum atomic E-state index is -4.06. The van der Waals surface area contributed by atoms with E-state index in [1.165, 1.54) is 11.7 Å². The van der Waals surface area contributed by atoms with Gasteiger partial charge in [-0.15, -0.1) is 0 Å². The Hall–Kier alpha value is -3.42. The fraction of sp³-hybridized carbons (Fsp3) is 0.333. The molecule has 0 aliphatic carbocycles. The van der Waals surface area contributed by atoms with Crippen LogP contribution < -0.4 is 4.80 Å². The summed E-state index contributed by atoms with van der Waals surface area (Å²) in [6.07, 6.45) is 0.710. The van der Waals surface area contributed by atoms with Crippen LogP contribution in [0.3, 0.4) is 0 Å². The van der Waals surface area contributed by atoms with Gasteiger partial charge in [0.05, 0.1) is 34.4 Å². The summed E-state index contributed by atoms with van der Waals surface area (Å²) >= 11 is 1.07. The van der Waals surface area contributed by atoms with Crippen molar-refractivity contribution in [2.45, 2.75) is 37.2 Å². The largest absolute Gasteiger partial charge is 0.468 e. The molecule has 1 unspecified atom stereocenters.